The lowest BCUT2D eigenvalue weighted by Crippen LogP contribution is -2.29. The monoisotopic (exact) mass is 410 g/mol. The normalized spacial score (nSPS) is 11.1. The smallest absolute Gasteiger partial charge is 0.334 e. The zero-order valence-corrected chi connectivity index (χ0v) is 16.0. The van der Waals surface area contributed by atoms with Crippen LogP contribution in [0.4, 0.5) is 10.1 Å². The lowest BCUT2D eigenvalue weighted by molar-refractivity contribution is -0.152. The number of carbonyl (C=O) groups is 2. The molecule has 8 nitrogen and oxygen atoms in total. The van der Waals surface area contributed by atoms with Gasteiger partial charge in [-0.2, -0.15) is 0 Å². The fourth-order valence-electron chi connectivity index (χ4n) is 2.26. The van der Waals surface area contributed by atoms with Crippen LogP contribution in [0, 0.1) is 19.7 Å². The molecule has 0 unspecified atom stereocenters. The molecule has 0 saturated carbocycles. The number of ether oxygens (including phenoxy) is 1. The number of hydrogen-bond acceptors (Lipinski definition) is 6. The van der Waals surface area contributed by atoms with Crippen LogP contribution < -0.4 is 10.2 Å². The van der Waals surface area contributed by atoms with E-state index in [1.165, 1.54) is 0 Å². The molecular formula is C18H19FN2O6S. The Hall–Kier alpha value is -2.82. The molecule has 0 bridgehead atoms. The minimum atomic E-state index is -4.08. The summed E-state index contributed by atoms with van der Waals surface area (Å²) in [6.07, 6.45) is 0. The second kappa shape index (κ2) is 9.40. The third-order valence-electron chi connectivity index (χ3n) is 3.35. The first-order valence-corrected chi connectivity index (χ1v) is 9.57. The van der Waals surface area contributed by atoms with E-state index < -0.39 is 40.9 Å². The highest BCUT2D eigenvalue weighted by Gasteiger charge is 2.16. The molecule has 2 rings (SSSR count). The highest BCUT2D eigenvalue weighted by atomic mass is 32.2. The lowest BCUT2D eigenvalue weighted by Gasteiger charge is -2.09. The molecule has 2 aromatic rings. The van der Waals surface area contributed by atoms with Gasteiger partial charge in [-0.3, -0.25) is 9.63 Å². The number of esters is 1. The Labute approximate surface area is 161 Å². The van der Waals surface area contributed by atoms with Crippen LogP contribution >= 0.6 is 0 Å². The molecule has 2 N–H and O–H groups in total. The number of anilines is 1. The highest BCUT2D eigenvalue weighted by molar-refractivity contribution is 7.89. The fourth-order valence-corrected chi connectivity index (χ4v) is 3.06. The van der Waals surface area contributed by atoms with Crippen molar-refractivity contribution < 1.29 is 32.0 Å². The molecule has 0 heterocycles. The highest BCUT2D eigenvalue weighted by Crippen LogP contribution is 2.13. The Morgan fingerprint density at radius 2 is 1.61 bits per heavy atom. The summed E-state index contributed by atoms with van der Waals surface area (Å²) >= 11 is 0. The van der Waals surface area contributed by atoms with Gasteiger partial charge in [0.05, 0.1) is 4.90 Å². The summed E-state index contributed by atoms with van der Waals surface area (Å²) in [7, 11) is -4.08. The number of aryl methyl sites for hydroxylation is 2. The van der Waals surface area contributed by atoms with Crippen LogP contribution in [-0.2, 0) is 29.2 Å². The van der Waals surface area contributed by atoms with E-state index in [4.69, 9.17) is 4.74 Å². The van der Waals surface area contributed by atoms with Crippen molar-refractivity contribution in [2.75, 3.05) is 18.5 Å². The number of sulfonamides is 1. The van der Waals surface area contributed by atoms with Crippen LogP contribution in [0.25, 0.3) is 0 Å². The molecule has 0 aliphatic heterocycles. The summed E-state index contributed by atoms with van der Waals surface area (Å²) in [4.78, 5) is 29.4. The molecule has 2 aromatic carbocycles. The van der Waals surface area contributed by atoms with E-state index in [2.05, 4.69) is 10.2 Å². The molecule has 0 aliphatic rings. The van der Waals surface area contributed by atoms with Crippen LogP contribution in [0.1, 0.15) is 11.1 Å². The van der Waals surface area contributed by atoms with Crippen LogP contribution in [0.15, 0.2) is 47.4 Å². The van der Waals surface area contributed by atoms with Gasteiger partial charge >= 0.3 is 5.97 Å². The van der Waals surface area contributed by atoms with Gasteiger partial charge in [0.2, 0.25) is 0 Å². The number of rotatable bonds is 8. The summed E-state index contributed by atoms with van der Waals surface area (Å²) in [5.41, 5.74) is 2.50. The predicted molar refractivity (Wildman–Crippen MR) is 98.2 cm³/mol. The summed E-state index contributed by atoms with van der Waals surface area (Å²) < 4.78 is 41.3. The first-order valence-electron chi connectivity index (χ1n) is 8.08. The van der Waals surface area contributed by atoms with Gasteiger partial charge in [0.15, 0.2) is 13.2 Å². The Balaban J connectivity index is 1.75. The molecule has 150 valence electrons. The number of amides is 1. The number of carbonyl (C=O) groups excluding carboxylic acids is 2. The van der Waals surface area contributed by atoms with Crippen molar-refractivity contribution in [3.8, 4) is 0 Å². The largest absolute Gasteiger partial charge is 0.454 e. The SMILES string of the molecule is Cc1cc(C)cc(NC(=O)COC(=O)CONS(=O)(=O)c2ccc(F)cc2)c1. The molecule has 1 amide bonds. The maximum atomic E-state index is 12.8. The molecule has 0 radical (unpaired) electrons. The predicted octanol–water partition coefficient (Wildman–Crippen LogP) is 1.83. The minimum Gasteiger partial charge on any atom is -0.454 e. The Morgan fingerprint density at radius 3 is 2.21 bits per heavy atom. The van der Waals surface area contributed by atoms with Crippen molar-refractivity contribution in [3.63, 3.8) is 0 Å². The minimum absolute atomic E-state index is 0.241. The number of hydrogen-bond donors (Lipinski definition) is 2. The average molecular weight is 410 g/mol. The second-order valence-electron chi connectivity index (χ2n) is 5.91. The Bertz CT molecular complexity index is 940. The topological polar surface area (TPSA) is 111 Å². The molecule has 0 saturated heterocycles. The summed E-state index contributed by atoms with van der Waals surface area (Å²) in [6.45, 7) is 2.46. The molecule has 28 heavy (non-hydrogen) atoms. The van der Waals surface area contributed by atoms with Gasteiger partial charge in [-0.25, -0.2) is 17.6 Å². The number of benzene rings is 2. The van der Waals surface area contributed by atoms with E-state index in [-0.39, 0.29) is 4.90 Å². The van der Waals surface area contributed by atoms with Crippen molar-refractivity contribution >= 4 is 27.6 Å². The van der Waals surface area contributed by atoms with E-state index in [1.807, 2.05) is 19.9 Å². The average Bonchev–Trinajstić information content (AvgIpc) is 2.59. The van der Waals surface area contributed by atoms with Gasteiger partial charge in [-0.1, -0.05) is 11.0 Å². The van der Waals surface area contributed by atoms with Gasteiger partial charge in [-0.15, -0.1) is 0 Å². The van der Waals surface area contributed by atoms with Crippen LogP contribution in [0.3, 0.4) is 0 Å². The van der Waals surface area contributed by atoms with Crippen LogP contribution in [0.5, 0.6) is 0 Å². The van der Waals surface area contributed by atoms with E-state index >= 15 is 0 Å². The Morgan fingerprint density at radius 1 is 1.00 bits per heavy atom. The van der Waals surface area contributed by atoms with Gasteiger partial charge < -0.3 is 10.1 Å². The first-order chi connectivity index (χ1) is 13.2. The molecule has 0 aromatic heterocycles. The zero-order chi connectivity index (χ0) is 20.7. The molecule has 0 spiro atoms. The first kappa shape index (κ1) is 21.5. The second-order valence-corrected chi connectivity index (χ2v) is 7.56. The van der Waals surface area contributed by atoms with Crippen molar-refractivity contribution in [2.24, 2.45) is 0 Å². The van der Waals surface area contributed by atoms with Crippen molar-refractivity contribution in [1.82, 2.24) is 4.89 Å². The number of nitrogens with one attached hydrogen (secondary N) is 2. The van der Waals surface area contributed by atoms with Crippen molar-refractivity contribution in [3.05, 3.63) is 59.4 Å². The van der Waals surface area contributed by atoms with Gasteiger partial charge in [-0.05, 0) is 61.4 Å². The molecular weight excluding hydrogens is 391 g/mol. The Kier molecular flexibility index (Phi) is 7.21. The standard InChI is InChI=1S/C18H19FN2O6S/c1-12-7-13(2)9-15(8-12)20-17(22)10-26-18(23)11-27-21-28(24,25)16-5-3-14(19)4-6-16/h3-9,21H,10-11H2,1-2H3,(H,20,22). The fraction of sp³-hybridized carbons (Fsp3) is 0.222. The third-order valence-corrected chi connectivity index (χ3v) is 4.58. The van der Waals surface area contributed by atoms with E-state index in [0.29, 0.717) is 5.69 Å². The van der Waals surface area contributed by atoms with Crippen LogP contribution in [-0.4, -0.2) is 33.5 Å². The van der Waals surface area contributed by atoms with Gasteiger partial charge in [0, 0.05) is 5.69 Å². The maximum absolute atomic E-state index is 12.8. The maximum Gasteiger partial charge on any atom is 0.334 e. The zero-order valence-electron chi connectivity index (χ0n) is 15.2. The molecule has 10 heteroatoms. The summed E-state index contributed by atoms with van der Waals surface area (Å²) in [5.74, 6) is -2.09. The molecule has 0 atom stereocenters. The summed E-state index contributed by atoms with van der Waals surface area (Å²) in [5, 5.41) is 2.59. The van der Waals surface area contributed by atoms with Crippen molar-refractivity contribution in [2.45, 2.75) is 18.7 Å². The van der Waals surface area contributed by atoms with E-state index in [9.17, 15) is 22.4 Å². The quantitative estimate of drug-likeness (QED) is 0.507. The van der Waals surface area contributed by atoms with E-state index in [0.717, 1.165) is 35.4 Å². The van der Waals surface area contributed by atoms with Gasteiger partial charge in [0.1, 0.15) is 5.82 Å². The van der Waals surface area contributed by atoms with E-state index in [1.54, 1.807) is 17.0 Å². The summed E-state index contributed by atoms with van der Waals surface area (Å²) in [6, 6.07) is 9.49. The molecule has 0 aliphatic carbocycles. The lowest BCUT2D eigenvalue weighted by atomic mass is 10.1. The third kappa shape index (κ3) is 6.72. The number of halogens is 1. The molecule has 0 fully saturated rings. The van der Waals surface area contributed by atoms with Gasteiger partial charge in [0.25, 0.3) is 15.9 Å². The van der Waals surface area contributed by atoms with Crippen LogP contribution in [0.2, 0.25) is 0 Å². The van der Waals surface area contributed by atoms with Crippen molar-refractivity contribution in [1.29, 1.82) is 0 Å².